The van der Waals surface area contributed by atoms with Crippen LogP contribution in [0.5, 0.6) is 0 Å². The Balaban J connectivity index is 2.79. The largest absolute Gasteiger partial charge is 0.0998 e. The van der Waals surface area contributed by atoms with Gasteiger partial charge in [0, 0.05) is 6.16 Å². The molecule has 0 atom stereocenters. The average molecular weight is 112 g/mol. The highest BCUT2D eigenvalue weighted by molar-refractivity contribution is 7.40. The van der Waals surface area contributed by atoms with Crippen LogP contribution in [0.1, 0.15) is 13.8 Å². The number of hydrogen-bond acceptors (Lipinski definition) is 0. The van der Waals surface area contributed by atoms with Crippen molar-refractivity contribution < 1.29 is 0 Å². The van der Waals surface area contributed by atoms with Gasteiger partial charge in [0.15, 0.2) is 0 Å². The SMILES string of the molecule is CC1=C(C)CP=C1. The highest BCUT2D eigenvalue weighted by atomic mass is 31.1. The summed E-state index contributed by atoms with van der Waals surface area (Å²) < 4.78 is 0. The third kappa shape index (κ3) is 0.920. The molecular weight excluding hydrogens is 103 g/mol. The van der Waals surface area contributed by atoms with E-state index in [2.05, 4.69) is 19.6 Å². The van der Waals surface area contributed by atoms with Gasteiger partial charge < -0.3 is 0 Å². The molecule has 0 spiro atoms. The molecule has 1 heteroatoms. The maximum Gasteiger partial charge on any atom is 0.0107 e. The maximum absolute atomic E-state index is 2.27. The molecule has 1 aliphatic rings. The minimum absolute atomic E-state index is 1.27. The first-order valence-corrected chi connectivity index (χ1v) is 3.62. The summed E-state index contributed by atoms with van der Waals surface area (Å²) in [4.78, 5) is 0. The lowest BCUT2D eigenvalue weighted by Gasteiger charge is -1.86. The van der Waals surface area contributed by atoms with Crippen molar-refractivity contribution in [1.82, 2.24) is 0 Å². The van der Waals surface area contributed by atoms with Gasteiger partial charge in [-0.3, -0.25) is 0 Å². The number of hydrogen-bond donors (Lipinski definition) is 0. The van der Waals surface area contributed by atoms with Gasteiger partial charge in [-0.25, -0.2) is 0 Å². The predicted molar refractivity (Wildman–Crippen MR) is 36.2 cm³/mol. The van der Waals surface area contributed by atoms with E-state index in [1.54, 1.807) is 5.57 Å². The smallest absolute Gasteiger partial charge is 0.0107 e. The van der Waals surface area contributed by atoms with E-state index in [0.717, 1.165) is 0 Å². The Kier molecular flexibility index (Phi) is 1.30. The van der Waals surface area contributed by atoms with Crippen molar-refractivity contribution in [3.8, 4) is 0 Å². The molecule has 0 unspecified atom stereocenters. The Labute approximate surface area is 46.0 Å². The van der Waals surface area contributed by atoms with E-state index in [0.29, 0.717) is 0 Å². The Bertz CT molecular complexity index is 131. The Morgan fingerprint density at radius 1 is 1.57 bits per heavy atom. The molecule has 1 aliphatic heterocycles. The highest BCUT2D eigenvalue weighted by Gasteiger charge is 1.96. The standard InChI is InChI=1S/C6H9P/c1-5-3-7-4-6(5)2/h3H,4H2,1-2H3. The van der Waals surface area contributed by atoms with Crippen molar-refractivity contribution in [3.05, 3.63) is 11.1 Å². The molecule has 0 radical (unpaired) electrons. The van der Waals surface area contributed by atoms with Gasteiger partial charge in [-0.15, -0.1) is 0 Å². The summed E-state index contributed by atoms with van der Waals surface area (Å²) >= 11 is 0. The molecule has 0 aliphatic carbocycles. The lowest BCUT2D eigenvalue weighted by molar-refractivity contribution is 1.36. The fourth-order valence-electron chi connectivity index (χ4n) is 0.554. The second-order valence-corrected chi connectivity index (χ2v) is 2.87. The monoisotopic (exact) mass is 112 g/mol. The van der Waals surface area contributed by atoms with Crippen molar-refractivity contribution in [3.63, 3.8) is 0 Å². The lowest BCUT2D eigenvalue weighted by Crippen LogP contribution is -1.75. The van der Waals surface area contributed by atoms with Crippen molar-refractivity contribution in [2.45, 2.75) is 13.8 Å². The molecule has 0 aromatic carbocycles. The highest BCUT2D eigenvalue weighted by Crippen LogP contribution is 2.16. The molecule has 0 aromatic heterocycles. The second-order valence-electron chi connectivity index (χ2n) is 1.93. The van der Waals surface area contributed by atoms with Crippen molar-refractivity contribution in [2.24, 2.45) is 0 Å². The Morgan fingerprint density at radius 2 is 2.29 bits per heavy atom. The van der Waals surface area contributed by atoms with E-state index >= 15 is 0 Å². The third-order valence-corrected chi connectivity index (χ3v) is 2.51. The zero-order chi connectivity index (χ0) is 5.28. The summed E-state index contributed by atoms with van der Waals surface area (Å²) in [5.41, 5.74) is 3.04. The van der Waals surface area contributed by atoms with Crippen LogP contribution in [0.4, 0.5) is 0 Å². The van der Waals surface area contributed by atoms with E-state index in [1.165, 1.54) is 19.9 Å². The van der Waals surface area contributed by atoms with Gasteiger partial charge in [0.05, 0.1) is 0 Å². The van der Waals surface area contributed by atoms with E-state index in [9.17, 15) is 0 Å². The molecular formula is C6H9P. The summed E-state index contributed by atoms with van der Waals surface area (Å²) in [6.07, 6.45) is 1.27. The molecule has 7 heavy (non-hydrogen) atoms. The van der Waals surface area contributed by atoms with Crippen molar-refractivity contribution in [1.29, 1.82) is 0 Å². The van der Waals surface area contributed by atoms with Crippen molar-refractivity contribution in [2.75, 3.05) is 6.16 Å². The van der Waals surface area contributed by atoms with Crippen LogP contribution >= 0.6 is 8.20 Å². The zero-order valence-electron chi connectivity index (χ0n) is 4.73. The summed E-state index contributed by atoms with van der Waals surface area (Å²) in [5, 5.41) is 0. The molecule has 0 fully saturated rings. The lowest BCUT2D eigenvalue weighted by atomic mass is 10.2. The zero-order valence-corrected chi connectivity index (χ0v) is 5.63. The molecule has 0 bridgehead atoms. The number of rotatable bonds is 0. The van der Waals surface area contributed by atoms with Gasteiger partial charge in [-0.1, -0.05) is 13.8 Å². The minimum Gasteiger partial charge on any atom is -0.0998 e. The normalized spacial score (nSPS) is 21.4. The quantitative estimate of drug-likeness (QED) is 0.421. The van der Waals surface area contributed by atoms with Crippen LogP contribution < -0.4 is 0 Å². The van der Waals surface area contributed by atoms with E-state index in [-0.39, 0.29) is 0 Å². The van der Waals surface area contributed by atoms with Gasteiger partial charge in [0.2, 0.25) is 0 Å². The molecule has 0 saturated heterocycles. The maximum atomic E-state index is 2.27. The average Bonchev–Trinajstić information content (AvgIpc) is 1.91. The minimum atomic E-state index is 1.27. The van der Waals surface area contributed by atoms with E-state index in [4.69, 9.17) is 0 Å². The van der Waals surface area contributed by atoms with E-state index in [1.807, 2.05) is 0 Å². The summed E-state index contributed by atoms with van der Waals surface area (Å²) in [6, 6.07) is 0. The van der Waals surface area contributed by atoms with Gasteiger partial charge in [0.1, 0.15) is 0 Å². The van der Waals surface area contributed by atoms with Gasteiger partial charge in [-0.2, -0.15) is 0 Å². The van der Waals surface area contributed by atoms with Gasteiger partial charge in [0.25, 0.3) is 0 Å². The summed E-state index contributed by atoms with van der Waals surface area (Å²) in [5.74, 6) is 2.27. The first kappa shape index (κ1) is 5.05. The van der Waals surface area contributed by atoms with Crippen LogP contribution in [0.2, 0.25) is 0 Å². The molecule has 1 rings (SSSR count). The fraction of sp³-hybridized carbons (Fsp3) is 0.500. The molecule has 0 saturated carbocycles. The molecule has 0 nitrogen and oxygen atoms in total. The van der Waals surface area contributed by atoms with Crippen LogP contribution in [0, 0.1) is 0 Å². The van der Waals surface area contributed by atoms with Gasteiger partial charge >= 0.3 is 0 Å². The summed E-state index contributed by atoms with van der Waals surface area (Å²) in [6.45, 7) is 4.38. The molecule has 1 heterocycles. The Morgan fingerprint density at radius 3 is 2.43 bits per heavy atom. The molecule has 0 amide bonds. The van der Waals surface area contributed by atoms with Crippen LogP contribution in [0.25, 0.3) is 0 Å². The predicted octanol–water partition coefficient (Wildman–Crippen LogP) is 2.08. The van der Waals surface area contributed by atoms with Crippen molar-refractivity contribution >= 4 is 14.0 Å². The van der Waals surface area contributed by atoms with Crippen LogP contribution in [0.3, 0.4) is 0 Å². The molecule has 0 aromatic rings. The Hall–Kier alpha value is -0.0900. The fourth-order valence-corrected chi connectivity index (χ4v) is 1.66. The number of allylic oxidation sites excluding steroid dienone is 2. The van der Waals surface area contributed by atoms with E-state index < -0.39 is 0 Å². The molecule has 38 valence electrons. The van der Waals surface area contributed by atoms with Crippen LogP contribution in [0.15, 0.2) is 11.1 Å². The topological polar surface area (TPSA) is 0 Å². The summed E-state index contributed by atoms with van der Waals surface area (Å²) in [7, 11) is 1.48. The van der Waals surface area contributed by atoms with Crippen LogP contribution in [-0.2, 0) is 0 Å². The second kappa shape index (κ2) is 1.79. The first-order chi connectivity index (χ1) is 3.30. The third-order valence-electron chi connectivity index (χ3n) is 1.29. The van der Waals surface area contributed by atoms with Gasteiger partial charge in [-0.05, 0) is 25.2 Å². The first-order valence-electron chi connectivity index (χ1n) is 2.47. The van der Waals surface area contributed by atoms with Crippen LogP contribution in [-0.4, -0.2) is 12.0 Å². The molecule has 0 N–H and O–H groups in total.